The van der Waals surface area contributed by atoms with Crippen LogP contribution in [0, 0.1) is 0 Å². The molecular formula is C13H17F3N2O2S. The van der Waals surface area contributed by atoms with Gasteiger partial charge in [-0.25, -0.2) is 8.42 Å². The molecule has 0 aliphatic heterocycles. The number of alkyl halides is 3. The molecule has 1 atom stereocenters. The van der Waals surface area contributed by atoms with Crippen LogP contribution in [-0.4, -0.2) is 27.2 Å². The largest absolute Gasteiger partial charge is 0.407 e. The van der Waals surface area contributed by atoms with Crippen LogP contribution in [0.3, 0.4) is 0 Å². The number of hydrogen-bond acceptors (Lipinski definition) is 3. The molecule has 0 spiro atoms. The molecular weight excluding hydrogens is 305 g/mol. The van der Waals surface area contributed by atoms with Crippen LogP contribution in [0.25, 0.3) is 0 Å². The second kappa shape index (κ2) is 5.26. The molecule has 1 aromatic carbocycles. The molecule has 1 unspecified atom stereocenters. The molecule has 118 valence electrons. The first kappa shape index (κ1) is 16.3. The van der Waals surface area contributed by atoms with E-state index < -0.39 is 21.7 Å². The molecule has 1 aromatic rings. The average molecular weight is 322 g/mol. The molecule has 2 N–H and O–H groups in total. The Balaban J connectivity index is 2.21. The van der Waals surface area contributed by atoms with Crippen molar-refractivity contribution in [3.05, 3.63) is 29.8 Å². The zero-order valence-corrected chi connectivity index (χ0v) is 12.5. The SMILES string of the molecule is CNC(C)c1ccc(S(=O)(=O)NC2(C(F)(F)F)CC2)cc1. The molecule has 0 amide bonds. The van der Waals surface area contributed by atoms with Gasteiger partial charge in [0, 0.05) is 6.04 Å². The summed E-state index contributed by atoms with van der Waals surface area (Å²) in [6.45, 7) is 1.89. The minimum absolute atomic E-state index is 0.0275. The van der Waals surface area contributed by atoms with E-state index in [4.69, 9.17) is 0 Å². The number of nitrogens with one attached hydrogen (secondary N) is 2. The summed E-state index contributed by atoms with van der Waals surface area (Å²) in [5.41, 5.74) is -1.43. The lowest BCUT2D eigenvalue weighted by Crippen LogP contribution is -2.47. The van der Waals surface area contributed by atoms with Crippen LogP contribution in [0.2, 0.25) is 0 Å². The summed E-state index contributed by atoms with van der Waals surface area (Å²) in [6, 6.07) is 5.83. The van der Waals surface area contributed by atoms with Crippen molar-refractivity contribution in [2.75, 3.05) is 7.05 Å². The fourth-order valence-electron chi connectivity index (χ4n) is 1.99. The van der Waals surface area contributed by atoms with Gasteiger partial charge in [0.2, 0.25) is 10.0 Å². The third-order valence-corrected chi connectivity index (χ3v) is 5.30. The Morgan fingerprint density at radius 1 is 1.19 bits per heavy atom. The first-order valence-electron chi connectivity index (χ1n) is 6.49. The third-order valence-electron chi connectivity index (χ3n) is 3.75. The Hall–Kier alpha value is -1.12. The topological polar surface area (TPSA) is 58.2 Å². The molecule has 0 aromatic heterocycles. The fourth-order valence-corrected chi connectivity index (χ4v) is 3.43. The van der Waals surface area contributed by atoms with E-state index in [1.165, 1.54) is 12.1 Å². The van der Waals surface area contributed by atoms with E-state index in [1.54, 1.807) is 23.9 Å². The monoisotopic (exact) mass is 322 g/mol. The Labute approximate surface area is 121 Å². The van der Waals surface area contributed by atoms with Gasteiger partial charge < -0.3 is 5.32 Å². The normalized spacial score (nSPS) is 19.3. The van der Waals surface area contributed by atoms with E-state index in [0.29, 0.717) is 0 Å². The summed E-state index contributed by atoms with van der Waals surface area (Å²) in [5, 5.41) is 2.99. The Morgan fingerprint density at radius 2 is 1.71 bits per heavy atom. The molecule has 0 saturated heterocycles. The van der Waals surface area contributed by atoms with Gasteiger partial charge in [0.25, 0.3) is 0 Å². The molecule has 0 bridgehead atoms. The highest BCUT2D eigenvalue weighted by molar-refractivity contribution is 7.89. The minimum Gasteiger partial charge on any atom is -0.313 e. The van der Waals surface area contributed by atoms with Gasteiger partial charge in [0.15, 0.2) is 0 Å². The van der Waals surface area contributed by atoms with Crippen molar-refractivity contribution in [2.45, 2.75) is 42.4 Å². The second-order valence-electron chi connectivity index (χ2n) is 5.26. The summed E-state index contributed by atoms with van der Waals surface area (Å²) in [5.74, 6) is 0. The van der Waals surface area contributed by atoms with Gasteiger partial charge in [-0.2, -0.15) is 17.9 Å². The van der Waals surface area contributed by atoms with Gasteiger partial charge in [0.05, 0.1) is 4.90 Å². The van der Waals surface area contributed by atoms with Gasteiger partial charge in [-0.1, -0.05) is 12.1 Å². The van der Waals surface area contributed by atoms with Crippen molar-refractivity contribution < 1.29 is 21.6 Å². The van der Waals surface area contributed by atoms with Crippen LogP contribution in [0.1, 0.15) is 31.4 Å². The van der Waals surface area contributed by atoms with Gasteiger partial charge >= 0.3 is 6.18 Å². The molecule has 4 nitrogen and oxygen atoms in total. The number of sulfonamides is 1. The van der Waals surface area contributed by atoms with Crippen LogP contribution in [-0.2, 0) is 10.0 Å². The molecule has 1 aliphatic rings. The van der Waals surface area contributed by atoms with Gasteiger partial charge in [-0.05, 0) is 44.5 Å². The Morgan fingerprint density at radius 3 is 2.10 bits per heavy atom. The smallest absolute Gasteiger partial charge is 0.313 e. The average Bonchev–Trinajstić information content (AvgIpc) is 3.18. The second-order valence-corrected chi connectivity index (χ2v) is 6.95. The highest BCUT2D eigenvalue weighted by atomic mass is 32.2. The van der Waals surface area contributed by atoms with E-state index >= 15 is 0 Å². The van der Waals surface area contributed by atoms with E-state index in [2.05, 4.69) is 5.32 Å². The lowest BCUT2D eigenvalue weighted by molar-refractivity contribution is -0.160. The maximum absolute atomic E-state index is 12.8. The standard InChI is InChI=1S/C13H17F3N2O2S/c1-9(17-2)10-3-5-11(6-4-10)21(19,20)18-12(7-8-12)13(14,15)16/h3-6,9,17-18H,7-8H2,1-2H3. The van der Waals surface area contributed by atoms with Gasteiger partial charge in [-0.3, -0.25) is 0 Å². The summed E-state index contributed by atoms with van der Waals surface area (Å²) >= 11 is 0. The highest BCUT2D eigenvalue weighted by Crippen LogP contribution is 2.49. The molecule has 8 heteroatoms. The van der Waals surface area contributed by atoms with Crippen molar-refractivity contribution in [1.82, 2.24) is 10.0 Å². The highest BCUT2D eigenvalue weighted by Gasteiger charge is 2.65. The zero-order chi connectivity index (χ0) is 15.9. The number of halogens is 3. The van der Waals surface area contributed by atoms with Crippen LogP contribution >= 0.6 is 0 Å². The predicted octanol–water partition coefficient (Wildman–Crippen LogP) is 2.34. The predicted molar refractivity (Wildman–Crippen MR) is 72.3 cm³/mol. The number of rotatable bonds is 5. The number of benzene rings is 1. The van der Waals surface area contributed by atoms with Crippen molar-refractivity contribution >= 4 is 10.0 Å². The van der Waals surface area contributed by atoms with Crippen molar-refractivity contribution in [2.24, 2.45) is 0 Å². The lowest BCUT2D eigenvalue weighted by atomic mass is 10.1. The van der Waals surface area contributed by atoms with Crippen molar-refractivity contribution in [3.63, 3.8) is 0 Å². The molecule has 2 rings (SSSR count). The third kappa shape index (κ3) is 3.22. The van der Waals surface area contributed by atoms with Crippen molar-refractivity contribution in [1.29, 1.82) is 0 Å². The van der Waals surface area contributed by atoms with E-state index in [-0.39, 0.29) is 23.8 Å². The maximum Gasteiger partial charge on any atom is 0.407 e. The fraction of sp³-hybridized carbons (Fsp3) is 0.538. The first-order valence-corrected chi connectivity index (χ1v) is 7.97. The van der Waals surface area contributed by atoms with E-state index in [9.17, 15) is 21.6 Å². The summed E-state index contributed by atoms with van der Waals surface area (Å²) in [6.07, 6.45) is -5.00. The summed E-state index contributed by atoms with van der Waals surface area (Å²) in [4.78, 5) is -0.162. The quantitative estimate of drug-likeness (QED) is 0.875. The molecule has 0 radical (unpaired) electrons. The van der Waals surface area contributed by atoms with Gasteiger partial charge in [0.1, 0.15) is 5.54 Å². The van der Waals surface area contributed by atoms with E-state index in [0.717, 1.165) is 5.56 Å². The van der Waals surface area contributed by atoms with Gasteiger partial charge in [-0.15, -0.1) is 0 Å². The van der Waals surface area contributed by atoms with Crippen LogP contribution in [0.5, 0.6) is 0 Å². The van der Waals surface area contributed by atoms with Crippen LogP contribution in [0.4, 0.5) is 13.2 Å². The molecule has 0 heterocycles. The Bertz CT molecular complexity index is 607. The molecule has 1 aliphatic carbocycles. The summed E-state index contributed by atoms with van der Waals surface area (Å²) in [7, 11) is -2.42. The van der Waals surface area contributed by atoms with E-state index in [1.807, 2.05) is 6.92 Å². The molecule has 21 heavy (non-hydrogen) atoms. The summed E-state index contributed by atoms with van der Waals surface area (Å²) < 4.78 is 64.4. The zero-order valence-electron chi connectivity index (χ0n) is 11.7. The number of hydrogen-bond donors (Lipinski definition) is 2. The Kier molecular flexibility index (Phi) is 4.07. The maximum atomic E-state index is 12.8. The first-order chi connectivity index (χ1) is 9.61. The van der Waals surface area contributed by atoms with Crippen LogP contribution < -0.4 is 10.0 Å². The molecule has 1 fully saturated rings. The molecule has 1 saturated carbocycles. The lowest BCUT2D eigenvalue weighted by Gasteiger charge is -2.20. The minimum atomic E-state index is -4.57. The van der Waals surface area contributed by atoms with Crippen LogP contribution in [0.15, 0.2) is 29.2 Å². The van der Waals surface area contributed by atoms with Crippen molar-refractivity contribution in [3.8, 4) is 0 Å².